The molecule has 0 heterocycles. The first kappa shape index (κ1) is 23.4. The molecule has 0 fully saturated rings. The fourth-order valence-corrected chi connectivity index (χ4v) is 3.46. The maximum absolute atomic E-state index is 5.86. The summed E-state index contributed by atoms with van der Waals surface area (Å²) in [5.41, 5.74) is 2.25. The first-order valence-electron chi connectivity index (χ1n) is 11.3. The molecule has 158 valence electrons. The summed E-state index contributed by atoms with van der Waals surface area (Å²) in [7, 11) is 0. The van der Waals surface area contributed by atoms with E-state index in [4.69, 9.17) is 21.7 Å². The van der Waals surface area contributed by atoms with E-state index in [1.165, 1.54) is 56.9 Å². The van der Waals surface area contributed by atoms with Crippen molar-refractivity contribution in [1.82, 2.24) is 0 Å². The second-order valence-electron chi connectivity index (χ2n) is 7.63. The van der Waals surface area contributed by atoms with Crippen LogP contribution in [0.2, 0.25) is 0 Å². The van der Waals surface area contributed by atoms with Gasteiger partial charge in [0, 0.05) is 5.56 Å². The molecule has 2 nitrogen and oxygen atoms in total. The Morgan fingerprint density at radius 1 is 0.690 bits per heavy atom. The van der Waals surface area contributed by atoms with Crippen molar-refractivity contribution in [2.24, 2.45) is 0 Å². The molecule has 0 atom stereocenters. The van der Waals surface area contributed by atoms with E-state index in [1.807, 2.05) is 36.4 Å². The first-order chi connectivity index (χ1) is 14.2. The molecule has 2 aromatic rings. The Morgan fingerprint density at radius 3 is 1.97 bits per heavy atom. The highest BCUT2D eigenvalue weighted by Crippen LogP contribution is 2.18. The highest BCUT2D eigenvalue weighted by atomic mass is 32.1. The fourth-order valence-electron chi connectivity index (χ4n) is 3.23. The molecule has 2 rings (SSSR count). The van der Waals surface area contributed by atoms with Crippen LogP contribution in [0.25, 0.3) is 0 Å². The van der Waals surface area contributed by atoms with Gasteiger partial charge in [-0.15, -0.1) is 0 Å². The third-order valence-electron chi connectivity index (χ3n) is 5.06. The summed E-state index contributed by atoms with van der Waals surface area (Å²) in [6.07, 6.45) is 12.5. The third kappa shape index (κ3) is 9.45. The average molecular weight is 413 g/mol. The molecule has 0 N–H and O–H groups in total. The number of hydrogen-bond donors (Lipinski definition) is 0. The molecule has 0 bridgehead atoms. The van der Waals surface area contributed by atoms with Crippen molar-refractivity contribution in [3.8, 4) is 11.5 Å². The van der Waals surface area contributed by atoms with E-state index < -0.39 is 0 Å². The van der Waals surface area contributed by atoms with Crippen LogP contribution in [0.3, 0.4) is 0 Å². The van der Waals surface area contributed by atoms with Gasteiger partial charge in [-0.05, 0) is 73.4 Å². The van der Waals surface area contributed by atoms with Gasteiger partial charge < -0.3 is 9.47 Å². The van der Waals surface area contributed by atoms with Crippen LogP contribution in [0, 0.1) is 0 Å². The lowest BCUT2D eigenvalue weighted by molar-refractivity contribution is 0.304. The molecule has 0 unspecified atom stereocenters. The van der Waals surface area contributed by atoms with Crippen molar-refractivity contribution in [3.05, 3.63) is 59.7 Å². The molecule has 3 heteroatoms. The first-order valence-corrected chi connectivity index (χ1v) is 11.7. The van der Waals surface area contributed by atoms with E-state index in [1.54, 1.807) is 0 Å². The number of thiocarbonyl (C=S) groups is 1. The highest BCUT2D eigenvalue weighted by Gasteiger charge is 2.05. The van der Waals surface area contributed by atoms with Crippen LogP contribution in [0.1, 0.15) is 82.8 Å². The minimum atomic E-state index is 0.492. The molecular formula is C26H36O2S. The topological polar surface area (TPSA) is 18.5 Å². The van der Waals surface area contributed by atoms with E-state index in [9.17, 15) is 0 Å². The van der Waals surface area contributed by atoms with Crippen LogP contribution >= 0.6 is 12.2 Å². The van der Waals surface area contributed by atoms with Crippen LogP contribution in [-0.2, 0) is 6.42 Å². The lowest BCUT2D eigenvalue weighted by Gasteiger charge is -2.10. The second-order valence-corrected chi connectivity index (χ2v) is 8.00. The van der Waals surface area contributed by atoms with Crippen molar-refractivity contribution in [2.75, 3.05) is 6.61 Å². The molecule has 0 saturated heterocycles. The Balaban J connectivity index is 1.72. The lowest BCUT2D eigenvalue weighted by Crippen LogP contribution is -2.07. The number of unbranched alkanes of at least 4 members (excludes halogenated alkanes) is 7. The highest BCUT2D eigenvalue weighted by molar-refractivity contribution is 7.80. The van der Waals surface area contributed by atoms with Crippen molar-refractivity contribution < 1.29 is 9.47 Å². The summed E-state index contributed by atoms with van der Waals surface area (Å²) in [5, 5.41) is 0.492. The molecule has 0 aliphatic heterocycles. The van der Waals surface area contributed by atoms with Crippen molar-refractivity contribution in [1.29, 1.82) is 0 Å². The largest absolute Gasteiger partial charge is 0.494 e. The summed E-state index contributed by atoms with van der Waals surface area (Å²) in [5.74, 6) is 1.68. The minimum absolute atomic E-state index is 0.492. The number of aryl methyl sites for hydroxylation is 1. The summed E-state index contributed by atoms with van der Waals surface area (Å²) >= 11 is 5.46. The molecule has 0 aliphatic rings. The molecule has 0 amide bonds. The van der Waals surface area contributed by atoms with E-state index in [0.29, 0.717) is 5.05 Å². The zero-order valence-electron chi connectivity index (χ0n) is 18.1. The molecular weight excluding hydrogens is 376 g/mol. The van der Waals surface area contributed by atoms with Gasteiger partial charge in [-0.1, -0.05) is 70.9 Å². The zero-order valence-corrected chi connectivity index (χ0v) is 18.9. The van der Waals surface area contributed by atoms with Gasteiger partial charge in [-0.25, -0.2) is 0 Å². The van der Waals surface area contributed by atoms with Gasteiger partial charge in [0.2, 0.25) is 0 Å². The fraction of sp³-hybridized carbons (Fsp3) is 0.500. The molecule has 0 aromatic heterocycles. The summed E-state index contributed by atoms with van der Waals surface area (Å²) < 4.78 is 11.7. The molecule has 0 radical (unpaired) electrons. The van der Waals surface area contributed by atoms with E-state index in [2.05, 4.69) is 26.0 Å². The molecule has 0 aliphatic carbocycles. The van der Waals surface area contributed by atoms with Gasteiger partial charge in [0.1, 0.15) is 11.5 Å². The maximum atomic E-state index is 5.86. The van der Waals surface area contributed by atoms with Gasteiger partial charge in [0.25, 0.3) is 0 Å². The van der Waals surface area contributed by atoms with Crippen LogP contribution in [0.4, 0.5) is 0 Å². The Kier molecular flexibility index (Phi) is 11.4. The Hall–Kier alpha value is -1.87. The number of benzene rings is 2. The van der Waals surface area contributed by atoms with E-state index in [-0.39, 0.29) is 0 Å². The summed E-state index contributed by atoms with van der Waals surface area (Å²) in [4.78, 5) is 0. The van der Waals surface area contributed by atoms with E-state index in [0.717, 1.165) is 36.5 Å². The zero-order chi connectivity index (χ0) is 20.7. The van der Waals surface area contributed by atoms with E-state index >= 15 is 0 Å². The lowest BCUT2D eigenvalue weighted by atomic mass is 10.1. The van der Waals surface area contributed by atoms with Gasteiger partial charge in [-0.3, -0.25) is 0 Å². The smallest absolute Gasteiger partial charge is 0.198 e. The van der Waals surface area contributed by atoms with Crippen LogP contribution in [0.15, 0.2) is 48.5 Å². The van der Waals surface area contributed by atoms with Gasteiger partial charge in [-0.2, -0.15) is 0 Å². The standard InChI is InChI=1S/C26H36O2S/c1-3-5-7-8-9-11-21-27-24-19-15-23(16-20-24)26(29)28-25-17-13-22(14-18-25)12-10-6-4-2/h13-20H,3-12,21H2,1-2H3. The molecule has 0 spiro atoms. The number of ether oxygens (including phenoxy) is 2. The van der Waals surface area contributed by atoms with Gasteiger partial charge >= 0.3 is 0 Å². The van der Waals surface area contributed by atoms with Crippen LogP contribution in [0.5, 0.6) is 11.5 Å². The van der Waals surface area contributed by atoms with Crippen LogP contribution < -0.4 is 9.47 Å². The van der Waals surface area contributed by atoms with Crippen LogP contribution in [-0.4, -0.2) is 11.7 Å². The Labute approximate surface area is 182 Å². The summed E-state index contributed by atoms with van der Waals surface area (Å²) in [6, 6.07) is 16.2. The maximum Gasteiger partial charge on any atom is 0.198 e. The predicted molar refractivity (Wildman–Crippen MR) is 127 cm³/mol. The second kappa shape index (κ2) is 14.2. The summed E-state index contributed by atoms with van der Waals surface area (Å²) in [6.45, 7) is 5.25. The SMILES string of the molecule is CCCCCCCCOc1ccc(C(=S)Oc2ccc(CCCCC)cc2)cc1. The van der Waals surface area contributed by atoms with Gasteiger partial charge in [0.15, 0.2) is 5.05 Å². The van der Waals surface area contributed by atoms with Crippen molar-refractivity contribution in [2.45, 2.75) is 78.1 Å². The number of rotatable bonds is 14. The normalized spacial score (nSPS) is 10.7. The molecule has 0 saturated carbocycles. The van der Waals surface area contributed by atoms with Gasteiger partial charge in [0.05, 0.1) is 6.61 Å². The predicted octanol–water partition coefficient (Wildman–Crippen LogP) is 7.91. The molecule has 2 aromatic carbocycles. The quantitative estimate of drug-likeness (QED) is 0.232. The molecule has 29 heavy (non-hydrogen) atoms. The average Bonchev–Trinajstić information content (AvgIpc) is 2.75. The third-order valence-corrected chi connectivity index (χ3v) is 5.38. The Bertz CT molecular complexity index is 692. The minimum Gasteiger partial charge on any atom is -0.494 e. The van der Waals surface area contributed by atoms with Crippen molar-refractivity contribution in [3.63, 3.8) is 0 Å². The monoisotopic (exact) mass is 412 g/mol. The van der Waals surface area contributed by atoms with Crippen molar-refractivity contribution >= 4 is 17.3 Å². The Morgan fingerprint density at radius 2 is 1.28 bits per heavy atom. The number of hydrogen-bond acceptors (Lipinski definition) is 3.